The molecule has 25 heavy (non-hydrogen) atoms. The van der Waals surface area contributed by atoms with Crippen LogP contribution in [0, 0.1) is 6.92 Å². The van der Waals surface area contributed by atoms with E-state index in [1.165, 1.54) is 11.1 Å². The quantitative estimate of drug-likeness (QED) is 0.660. The van der Waals surface area contributed by atoms with Crippen molar-refractivity contribution in [1.82, 2.24) is 10.2 Å². The minimum absolute atomic E-state index is 0.00318. The maximum Gasteiger partial charge on any atom is 0.148 e. The van der Waals surface area contributed by atoms with E-state index in [4.69, 9.17) is 11.6 Å². The second kappa shape index (κ2) is 7.24. The Bertz CT molecular complexity index is 840. The van der Waals surface area contributed by atoms with E-state index in [2.05, 4.69) is 60.6 Å². The lowest BCUT2D eigenvalue weighted by Gasteiger charge is -2.26. The lowest BCUT2D eigenvalue weighted by molar-refractivity contribution is 0.555. The highest BCUT2D eigenvalue weighted by atomic mass is 35.5. The molecule has 1 heterocycles. The number of anilines is 1. The van der Waals surface area contributed by atoms with Gasteiger partial charge in [0.2, 0.25) is 0 Å². The first-order valence-electron chi connectivity index (χ1n) is 8.35. The third-order valence-corrected chi connectivity index (χ3v) is 4.69. The van der Waals surface area contributed by atoms with Crippen molar-refractivity contribution in [2.24, 2.45) is 0 Å². The molecule has 2 aromatic carbocycles. The van der Waals surface area contributed by atoms with E-state index >= 15 is 0 Å². The molecule has 0 aliphatic rings. The average molecular weight is 352 g/mol. The van der Waals surface area contributed by atoms with Gasteiger partial charge in [0.05, 0.1) is 10.7 Å². The van der Waals surface area contributed by atoms with E-state index in [9.17, 15) is 0 Å². The molecule has 1 aromatic heterocycles. The molecule has 0 unspecified atom stereocenters. The zero-order chi connectivity index (χ0) is 17.9. The molecule has 128 valence electrons. The number of nitrogens with zero attached hydrogens (tertiary/aromatic N) is 2. The van der Waals surface area contributed by atoms with Gasteiger partial charge in [-0.15, -0.1) is 10.2 Å². The molecular formula is C21H22ClN3. The van der Waals surface area contributed by atoms with Gasteiger partial charge in [0.15, 0.2) is 0 Å². The summed E-state index contributed by atoms with van der Waals surface area (Å²) in [7, 11) is 0. The van der Waals surface area contributed by atoms with E-state index in [0.29, 0.717) is 5.02 Å². The zero-order valence-corrected chi connectivity index (χ0v) is 15.5. The van der Waals surface area contributed by atoms with Gasteiger partial charge < -0.3 is 5.32 Å². The number of halogens is 1. The number of aromatic nitrogens is 2. The molecule has 1 N–H and O–H groups in total. The van der Waals surface area contributed by atoms with Gasteiger partial charge in [-0.05, 0) is 30.7 Å². The average Bonchev–Trinajstić information content (AvgIpc) is 2.61. The van der Waals surface area contributed by atoms with Crippen molar-refractivity contribution in [2.45, 2.75) is 26.2 Å². The Labute approximate surface area is 154 Å². The highest BCUT2D eigenvalue weighted by molar-refractivity contribution is 6.33. The Hall–Kier alpha value is -2.39. The minimum atomic E-state index is -0.00318. The topological polar surface area (TPSA) is 37.8 Å². The molecular weight excluding hydrogens is 330 g/mol. The number of nitrogens with one attached hydrogen (secondary N) is 1. The van der Waals surface area contributed by atoms with Gasteiger partial charge in [-0.2, -0.15) is 0 Å². The van der Waals surface area contributed by atoms with Gasteiger partial charge in [0.1, 0.15) is 5.82 Å². The lowest BCUT2D eigenvalue weighted by Crippen LogP contribution is -2.28. The maximum atomic E-state index is 6.22. The van der Waals surface area contributed by atoms with Gasteiger partial charge in [0.25, 0.3) is 0 Å². The van der Waals surface area contributed by atoms with Crippen LogP contribution in [0.5, 0.6) is 0 Å². The lowest BCUT2D eigenvalue weighted by atomic mass is 9.84. The maximum absolute atomic E-state index is 6.22. The van der Waals surface area contributed by atoms with Crippen LogP contribution in [0.15, 0.2) is 60.7 Å². The molecule has 3 rings (SSSR count). The summed E-state index contributed by atoms with van der Waals surface area (Å²) in [5.74, 6) is 0.760. The molecule has 0 fully saturated rings. The highest BCUT2D eigenvalue weighted by Crippen LogP contribution is 2.26. The van der Waals surface area contributed by atoms with Crippen molar-refractivity contribution in [3.8, 4) is 11.3 Å². The summed E-state index contributed by atoms with van der Waals surface area (Å²) >= 11 is 6.22. The zero-order valence-electron chi connectivity index (χ0n) is 14.8. The van der Waals surface area contributed by atoms with Crippen LogP contribution >= 0.6 is 11.6 Å². The standard InChI is InChI=1S/C21H22ClN3/c1-15-8-10-16(11-9-15)21(2,3)14-23-20-13-12-19(24-25-20)17-6-4-5-7-18(17)22/h4-13H,14H2,1-3H3,(H,23,25). The molecule has 3 aromatic rings. The summed E-state index contributed by atoms with van der Waals surface area (Å²) in [6.45, 7) is 7.31. The van der Waals surface area contributed by atoms with E-state index < -0.39 is 0 Å². The Morgan fingerprint density at radius 2 is 1.64 bits per heavy atom. The Kier molecular flexibility index (Phi) is 5.05. The van der Waals surface area contributed by atoms with Gasteiger partial charge in [0, 0.05) is 17.5 Å². The molecule has 0 atom stereocenters. The summed E-state index contributed by atoms with van der Waals surface area (Å²) < 4.78 is 0. The third kappa shape index (κ3) is 4.18. The summed E-state index contributed by atoms with van der Waals surface area (Å²) in [5.41, 5.74) is 4.23. The summed E-state index contributed by atoms with van der Waals surface area (Å²) in [5, 5.41) is 12.6. The predicted octanol–water partition coefficient (Wildman–Crippen LogP) is 5.50. The van der Waals surface area contributed by atoms with Crippen LogP contribution in [0.4, 0.5) is 5.82 Å². The van der Waals surface area contributed by atoms with Crippen LogP contribution in [-0.4, -0.2) is 16.7 Å². The predicted molar refractivity (Wildman–Crippen MR) is 105 cm³/mol. The summed E-state index contributed by atoms with van der Waals surface area (Å²) in [6.07, 6.45) is 0. The molecule has 0 bridgehead atoms. The monoisotopic (exact) mass is 351 g/mol. The van der Waals surface area contributed by atoms with E-state index in [1.807, 2.05) is 36.4 Å². The second-order valence-electron chi connectivity index (χ2n) is 6.89. The van der Waals surface area contributed by atoms with Gasteiger partial charge in [-0.25, -0.2) is 0 Å². The molecule has 0 aliphatic heterocycles. The summed E-state index contributed by atoms with van der Waals surface area (Å²) in [6, 6.07) is 20.2. The first-order chi connectivity index (χ1) is 12.0. The number of rotatable bonds is 5. The number of aryl methyl sites for hydroxylation is 1. The molecule has 3 nitrogen and oxygen atoms in total. The molecule has 0 spiro atoms. The fourth-order valence-corrected chi connectivity index (χ4v) is 2.89. The molecule has 4 heteroatoms. The summed E-state index contributed by atoms with van der Waals surface area (Å²) in [4.78, 5) is 0. The smallest absolute Gasteiger partial charge is 0.148 e. The second-order valence-corrected chi connectivity index (χ2v) is 7.29. The van der Waals surface area contributed by atoms with Crippen molar-refractivity contribution in [3.05, 3.63) is 76.8 Å². The van der Waals surface area contributed by atoms with Crippen molar-refractivity contribution < 1.29 is 0 Å². The molecule has 0 amide bonds. The van der Waals surface area contributed by atoms with Crippen molar-refractivity contribution in [3.63, 3.8) is 0 Å². The van der Waals surface area contributed by atoms with E-state index in [-0.39, 0.29) is 5.41 Å². The van der Waals surface area contributed by atoms with Crippen LogP contribution in [0.2, 0.25) is 5.02 Å². The molecule has 0 saturated heterocycles. The van der Waals surface area contributed by atoms with E-state index in [0.717, 1.165) is 23.6 Å². The Morgan fingerprint density at radius 1 is 0.920 bits per heavy atom. The van der Waals surface area contributed by atoms with Crippen LogP contribution in [0.3, 0.4) is 0 Å². The van der Waals surface area contributed by atoms with Gasteiger partial charge >= 0.3 is 0 Å². The highest BCUT2D eigenvalue weighted by Gasteiger charge is 2.20. The third-order valence-electron chi connectivity index (χ3n) is 4.36. The molecule has 0 aliphatic carbocycles. The molecule has 0 radical (unpaired) electrons. The van der Waals surface area contributed by atoms with Crippen molar-refractivity contribution in [2.75, 3.05) is 11.9 Å². The van der Waals surface area contributed by atoms with Gasteiger partial charge in [-0.3, -0.25) is 0 Å². The SMILES string of the molecule is Cc1ccc(C(C)(C)CNc2ccc(-c3ccccc3Cl)nn2)cc1. The van der Waals surface area contributed by atoms with Crippen LogP contribution < -0.4 is 5.32 Å². The van der Waals surface area contributed by atoms with Crippen LogP contribution in [0.25, 0.3) is 11.3 Å². The van der Waals surface area contributed by atoms with Gasteiger partial charge in [-0.1, -0.05) is 73.5 Å². The van der Waals surface area contributed by atoms with Crippen LogP contribution in [0.1, 0.15) is 25.0 Å². The Balaban J connectivity index is 1.69. The van der Waals surface area contributed by atoms with Crippen molar-refractivity contribution >= 4 is 17.4 Å². The first-order valence-corrected chi connectivity index (χ1v) is 8.73. The fraction of sp³-hybridized carbons (Fsp3) is 0.238. The number of hydrogen-bond acceptors (Lipinski definition) is 3. The first kappa shape index (κ1) is 17.4. The van der Waals surface area contributed by atoms with Crippen molar-refractivity contribution in [1.29, 1.82) is 0 Å². The van der Waals surface area contributed by atoms with E-state index in [1.54, 1.807) is 0 Å². The Morgan fingerprint density at radius 3 is 2.28 bits per heavy atom. The number of benzene rings is 2. The largest absolute Gasteiger partial charge is 0.368 e. The number of hydrogen-bond donors (Lipinski definition) is 1. The minimum Gasteiger partial charge on any atom is -0.368 e. The van der Waals surface area contributed by atoms with Crippen LogP contribution in [-0.2, 0) is 5.41 Å². The molecule has 0 saturated carbocycles. The normalized spacial score (nSPS) is 11.4. The fourth-order valence-electron chi connectivity index (χ4n) is 2.66.